The maximum absolute atomic E-state index is 5.69. The fourth-order valence-corrected chi connectivity index (χ4v) is 1.18. The first kappa shape index (κ1) is 9.33. The van der Waals surface area contributed by atoms with Crippen LogP contribution in [0.4, 0.5) is 0 Å². The van der Waals surface area contributed by atoms with E-state index in [0.29, 0.717) is 6.54 Å². The van der Waals surface area contributed by atoms with Gasteiger partial charge >= 0.3 is 0 Å². The van der Waals surface area contributed by atoms with Crippen molar-refractivity contribution in [3.8, 4) is 0 Å². The molecule has 0 aliphatic rings. The van der Waals surface area contributed by atoms with Crippen molar-refractivity contribution >= 4 is 0 Å². The summed E-state index contributed by atoms with van der Waals surface area (Å²) in [5, 5.41) is 0. The Morgan fingerprint density at radius 2 is 2.33 bits per heavy atom. The molecular weight excluding hydrogens is 150 g/mol. The molecule has 1 heterocycles. The van der Waals surface area contributed by atoms with Gasteiger partial charge in [0.25, 0.3) is 0 Å². The van der Waals surface area contributed by atoms with Crippen molar-refractivity contribution in [2.45, 2.75) is 26.7 Å². The van der Waals surface area contributed by atoms with Crippen LogP contribution in [-0.4, -0.2) is 6.54 Å². The van der Waals surface area contributed by atoms with E-state index in [1.54, 1.807) is 6.26 Å². The largest absolute Gasteiger partial charge is 0.469 e. The van der Waals surface area contributed by atoms with Crippen LogP contribution < -0.4 is 5.73 Å². The Balaban J connectivity index is 2.60. The minimum Gasteiger partial charge on any atom is -0.469 e. The molecule has 1 aromatic rings. The predicted molar refractivity (Wildman–Crippen MR) is 49.9 cm³/mol. The number of nitrogens with two attached hydrogens (primary N) is 1. The number of furan rings is 1. The van der Waals surface area contributed by atoms with Gasteiger partial charge in [-0.05, 0) is 30.5 Å². The van der Waals surface area contributed by atoms with Crippen LogP contribution in [0, 0.1) is 5.41 Å². The first-order valence-corrected chi connectivity index (χ1v) is 4.42. The average molecular weight is 167 g/mol. The molecule has 68 valence electrons. The highest BCUT2D eigenvalue weighted by Gasteiger charge is 2.21. The molecule has 0 saturated heterocycles. The number of rotatable bonds is 4. The summed E-state index contributed by atoms with van der Waals surface area (Å²) in [5.74, 6) is 1.03. The molecular formula is C10H17NO. The highest BCUT2D eigenvalue weighted by Crippen LogP contribution is 2.24. The van der Waals surface area contributed by atoms with Gasteiger partial charge in [0.15, 0.2) is 0 Å². The lowest BCUT2D eigenvalue weighted by molar-refractivity contribution is 0.294. The van der Waals surface area contributed by atoms with Gasteiger partial charge in [0, 0.05) is 6.42 Å². The van der Waals surface area contributed by atoms with E-state index in [2.05, 4.69) is 13.8 Å². The van der Waals surface area contributed by atoms with Crippen LogP contribution >= 0.6 is 0 Å². The van der Waals surface area contributed by atoms with Crippen LogP contribution in [-0.2, 0) is 6.42 Å². The van der Waals surface area contributed by atoms with Gasteiger partial charge in [0.2, 0.25) is 0 Å². The Bertz CT molecular complexity index is 212. The second-order valence-corrected chi connectivity index (χ2v) is 3.62. The van der Waals surface area contributed by atoms with E-state index in [0.717, 1.165) is 18.6 Å². The van der Waals surface area contributed by atoms with E-state index in [-0.39, 0.29) is 5.41 Å². The SMILES string of the molecule is CCC(C)(CN)Cc1ccco1. The lowest BCUT2D eigenvalue weighted by Crippen LogP contribution is -2.28. The van der Waals surface area contributed by atoms with Crippen LogP contribution in [0.1, 0.15) is 26.0 Å². The summed E-state index contributed by atoms with van der Waals surface area (Å²) < 4.78 is 5.28. The molecule has 1 unspecified atom stereocenters. The lowest BCUT2D eigenvalue weighted by atomic mass is 9.83. The first-order chi connectivity index (χ1) is 5.70. The van der Waals surface area contributed by atoms with Crippen LogP contribution in [0.3, 0.4) is 0 Å². The van der Waals surface area contributed by atoms with Crippen molar-refractivity contribution in [1.29, 1.82) is 0 Å². The molecule has 0 aromatic carbocycles. The molecule has 0 aliphatic carbocycles. The molecule has 0 spiro atoms. The third-order valence-corrected chi connectivity index (χ3v) is 2.53. The fourth-order valence-electron chi connectivity index (χ4n) is 1.18. The molecule has 0 saturated carbocycles. The smallest absolute Gasteiger partial charge is 0.104 e. The van der Waals surface area contributed by atoms with Gasteiger partial charge in [-0.3, -0.25) is 0 Å². The maximum atomic E-state index is 5.69. The van der Waals surface area contributed by atoms with Gasteiger partial charge in [-0.15, -0.1) is 0 Å². The molecule has 1 rings (SSSR count). The zero-order valence-electron chi connectivity index (χ0n) is 7.84. The molecule has 12 heavy (non-hydrogen) atoms. The monoisotopic (exact) mass is 167 g/mol. The van der Waals surface area contributed by atoms with E-state index < -0.39 is 0 Å². The zero-order chi connectivity index (χ0) is 9.03. The summed E-state index contributed by atoms with van der Waals surface area (Å²) >= 11 is 0. The summed E-state index contributed by atoms with van der Waals surface area (Å²) in [5.41, 5.74) is 5.88. The Labute approximate surface area is 73.8 Å². The molecule has 2 nitrogen and oxygen atoms in total. The van der Waals surface area contributed by atoms with E-state index in [9.17, 15) is 0 Å². The summed E-state index contributed by atoms with van der Waals surface area (Å²) in [6, 6.07) is 3.92. The van der Waals surface area contributed by atoms with Crippen molar-refractivity contribution in [2.75, 3.05) is 6.54 Å². The van der Waals surface area contributed by atoms with Gasteiger partial charge in [0.1, 0.15) is 5.76 Å². The standard InChI is InChI=1S/C10H17NO/c1-3-10(2,8-11)7-9-5-4-6-12-9/h4-6H,3,7-8,11H2,1-2H3. The normalized spacial score (nSPS) is 15.9. The molecule has 2 heteroatoms. The Morgan fingerprint density at radius 3 is 2.75 bits per heavy atom. The minimum atomic E-state index is 0.192. The summed E-state index contributed by atoms with van der Waals surface area (Å²) in [6.07, 6.45) is 3.74. The second-order valence-electron chi connectivity index (χ2n) is 3.62. The van der Waals surface area contributed by atoms with E-state index in [4.69, 9.17) is 10.2 Å². The van der Waals surface area contributed by atoms with Gasteiger partial charge in [-0.2, -0.15) is 0 Å². The molecule has 0 bridgehead atoms. The highest BCUT2D eigenvalue weighted by atomic mass is 16.3. The lowest BCUT2D eigenvalue weighted by Gasteiger charge is -2.24. The van der Waals surface area contributed by atoms with E-state index in [1.165, 1.54) is 0 Å². The van der Waals surface area contributed by atoms with Crippen LogP contribution in [0.5, 0.6) is 0 Å². The van der Waals surface area contributed by atoms with E-state index in [1.807, 2.05) is 12.1 Å². The van der Waals surface area contributed by atoms with Gasteiger partial charge in [-0.1, -0.05) is 13.8 Å². The molecule has 2 N–H and O–H groups in total. The molecule has 1 aromatic heterocycles. The topological polar surface area (TPSA) is 39.2 Å². The van der Waals surface area contributed by atoms with Crippen LogP contribution in [0.25, 0.3) is 0 Å². The van der Waals surface area contributed by atoms with Crippen LogP contribution in [0.15, 0.2) is 22.8 Å². The summed E-state index contributed by atoms with van der Waals surface area (Å²) in [4.78, 5) is 0. The van der Waals surface area contributed by atoms with Crippen molar-refractivity contribution < 1.29 is 4.42 Å². The maximum Gasteiger partial charge on any atom is 0.104 e. The minimum absolute atomic E-state index is 0.192. The quantitative estimate of drug-likeness (QED) is 0.746. The molecule has 0 amide bonds. The third kappa shape index (κ3) is 2.11. The fraction of sp³-hybridized carbons (Fsp3) is 0.600. The predicted octanol–water partition coefficient (Wildman–Crippen LogP) is 2.20. The highest BCUT2D eigenvalue weighted by molar-refractivity contribution is 5.01. The summed E-state index contributed by atoms with van der Waals surface area (Å²) in [7, 11) is 0. The molecule has 0 fully saturated rings. The Kier molecular flexibility index (Phi) is 2.93. The van der Waals surface area contributed by atoms with Gasteiger partial charge in [0.05, 0.1) is 6.26 Å². The third-order valence-electron chi connectivity index (χ3n) is 2.53. The molecule has 0 radical (unpaired) electrons. The second kappa shape index (κ2) is 3.76. The van der Waals surface area contributed by atoms with Crippen molar-refractivity contribution in [3.63, 3.8) is 0 Å². The summed E-state index contributed by atoms with van der Waals surface area (Å²) in [6.45, 7) is 5.07. The Hall–Kier alpha value is -0.760. The average Bonchev–Trinajstić information content (AvgIpc) is 2.57. The van der Waals surface area contributed by atoms with Crippen molar-refractivity contribution in [3.05, 3.63) is 24.2 Å². The molecule has 0 aliphatic heterocycles. The van der Waals surface area contributed by atoms with Gasteiger partial charge in [-0.25, -0.2) is 0 Å². The van der Waals surface area contributed by atoms with Crippen molar-refractivity contribution in [1.82, 2.24) is 0 Å². The van der Waals surface area contributed by atoms with Crippen LogP contribution in [0.2, 0.25) is 0 Å². The van der Waals surface area contributed by atoms with Crippen molar-refractivity contribution in [2.24, 2.45) is 11.1 Å². The van der Waals surface area contributed by atoms with E-state index >= 15 is 0 Å². The zero-order valence-corrected chi connectivity index (χ0v) is 7.84. The van der Waals surface area contributed by atoms with Gasteiger partial charge < -0.3 is 10.2 Å². The number of hydrogen-bond donors (Lipinski definition) is 1. The molecule has 1 atom stereocenters. The number of hydrogen-bond acceptors (Lipinski definition) is 2. The first-order valence-electron chi connectivity index (χ1n) is 4.42. The Morgan fingerprint density at radius 1 is 1.58 bits per heavy atom.